The van der Waals surface area contributed by atoms with Crippen LogP contribution in [0.5, 0.6) is 0 Å². The van der Waals surface area contributed by atoms with Gasteiger partial charge in [-0.2, -0.15) is 0 Å². The van der Waals surface area contributed by atoms with Crippen LogP contribution in [0, 0.1) is 40.4 Å². The first-order valence-corrected chi connectivity index (χ1v) is 21.4. The van der Waals surface area contributed by atoms with E-state index in [0.717, 1.165) is 29.9 Å². The number of oxime groups is 1. The summed E-state index contributed by atoms with van der Waals surface area (Å²) in [4.78, 5) is 33.5. The molecule has 270 valence electrons. The normalized spacial score (nSPS) is 36.1. The van der Waals surface area contributed by atoms with Crippen molar-refractivity contribution in [3.8, 4) is 0 Å². The van der Waals surface area contributed by atoms with Crippen LogP contribution in [0.15, 0.2) is 5.16 Å². The first kappa shape index (κ1) is 38.2. The SMILES string of the molecule is C/C(=N\OC(=O)N(C)CCN(C)C(=O)OC(C)(C)C)[C@H]1CC[C@H]2[C@@H]3CCC4C[C@](C)(O[Si](C)(C)C(C)(C)C)CC[C@]4(C)[C@H]3CC[C@]12C. The number of hydrogen-bond acceptors (Lipinski definition) is 6. The maximum Gasteiger partial charge on any atom is 0.435 e. The Kier molecular flexibility index (Phi) is 10.8. The lowest BCUT2D eigenvalue weighted by atomic mass is 9.44. The first-order valence-electron chi connectivity index (χ1n) is 18.5. The molecule has 8 atom stereocenters. The molecule has 0 saturated heterocycles. The molecule has 0 spiro atoms. The zero-order chi connectivity index (χ0) is 35.4. The molecule has 8 nitrogen and oxygen atoms in total. The van der Waals surface area contributed by atoms with Gasteiger partial charge in [0, 0.05) is 33.1 Å². The fourth-order valence-electron chi connectivity index (χ4n) is 10.0. The maximum absolute atomic E-state index is 12.8. The van der Waals surface area contributed by atoms with E-state index in [1.54, 1.807) is 14.1 Å². The average Bonchev–Trinajstić information content (AvgIpc) is 3.30. The molecule has 4 rings (SSSR count). The van der Waals surface area contributed by atoms with Crippen LogP contribution in [0.25, 0.3) is 0 Å². The molecule has 0 aliphatic heterocycles. The van der Waals surface area contributed by atoms with E-state index < -0.39 is 26.1 Å². The van der Waals surface area contributed by atoms with Gasteiger partial charge in [-0.15, -0.1) is 0 Å². The van der Waals surface area contributed by atoms with Gasteiger partial charge in [-0.3, -0.25) is 4.84 Å². The van der Waals surface area contributed by atoms with Crippen LogP contribution in [0.1, 0.15) is 127 Å². The summed E-state index contributed by atoms with van der Waals surface area (Å²) in [7, 11) is 1.51. The molecular weight excluding hydrogens is 607 g/mol. The Morgan fingerprint density at radius 2 is 1.40 bits per heavy atom. The number of carbonyl (C=O) groups is 2. The zero-order valence-electron chi connectivity index (χ0n) is 32.5. The monoisotopic (exact) mass is 676 g/mol. The highest BCUT2D eigenvalue weighted by atomic mass is 28.4. The van der Waals surface area contributed by atoms with Crippen molar-refractivity contribution >= 4 is 26.2 Å². The summed E-state index contributed by atoms with van der Waals surface area (Å²) < 4.78 is 12.6. The van der Waals surface area contributed by atoms with E-state index in [-0.39, 0.29) is 16.1 Å². The Balaban J connectivity index is 1.35. The topological polar surface area (TPSA) is 80.7 Å². The van der Waals surface area contributed by atoms with Gasteiger partial charge < -0.3 is 19.0 Å². The highest BCUT2D eigenvalue weighted by molar-refractivity contribution is 6.74. The van der Waals surface area contributed by atoms with Crippen molar-refractivity contribution < 1.29 is 23.6 Å². The summed E-state index contributed by atoms with van der Waals surface area (Å²) in [5, 5.41) is 4.66. The fraction of sp³-hybridized carbons (Fsp3) is 0.921. The van der Waals surface area contributed by atoms with Crippen molar-refractivity contribution in [1.82, 2.24) is 9.80 Å². The predicted molar refractivity (Wildman–Crippen MR) is 193 cm³/mol. The largest absolute Gasteiger partial charge is 0.444 e. The van der Waals surface area contributed by atoms with Gasteiger partial charge in [0.2, 0.25) is 0 Å². The molecule has 4 saturated carbocycles. The third kappa shape index (κ3) is 7.91. The number of ether oxygens (including phenoxy) is 1. The Morgan fingerprint density at radius 1 is 0.809 bits per heavy atom. The number of nitrogens with zero attached hydrogens (tertiary/aromatic N) is 3. The molecule has 0 aromatic carbocycles. The number of fused-ring (bicyclic) bond motifs is 5. The highest BCUT2D eigenvalue weighted by Gasteiger charge is 2.62. The molecular formula is C38H69N3O5Si. The van der Waals surface area contributed by atoms with Crippen LogP contribution in [0.2, 0.25) is 18.1 Å². The van der Waals surface area contributed by atoms with Crippen LogP contribution in [0.4, 0.5) is 9.59 Å². The van der Waals surface area contributed by atoms with Gasteiger partial charge >= 0.3 is 12.2 Å². The van der Waals surface area contributed by atoms with E-state index in [0.29, 0.717) is 30.3 Å². The van der Waals surface area contributed by atoms with Crippen LogP contribution in [-0.4, -0.2) is 74.4 Å². The third-order valence-electron chi connectivity index (χ3n) is 13.8. The van der Waals surface area contributed by atoms with Crippen molar-refractivity contribution in [2.75, 3.05) is 27.2 Å². The standard InChI is InChI=1S/C38H69N3O5Si/c1-26(39-45-33(43)41(12)24-23-40(11)32(42)44-34(2,3)4)29-17-18-30-28-16-15-27-25-36(8,46-47(13,14)35(5,6)7)21-22-37(27,9)31(28)19-20-38(29,30)10/h27-31H,15-25H2,1-14H3/b39-26+/t27?,28-,29+,30-,31-,36+,37-,38+/m0/s1. The van der Waals surface area contributed by atoms with Crippen LogP contribution in [-0.2, 0) is 14.0 Å². The Hall–Kier alpha value is -1.61. The molecule has 9 heteroatoms. The van der Waals surface area contributed by atoms with Gasteiger partial charge in [-0.05, 0) is 145 Å². The second-order valence-corrected chi connectivity index (χ2v) is 24.0. The molecule has 0 N–H and O–H groups in total. The number of hydrogen-bond donors (Lipinski definition) is 0. The summed E-state index contributed by atoms with van der Waals surface area (Å²) in [6, 6.07) is 0. The molecule has 0 aromatic heterocycles. The number of amides is 2. The molecule has 0 radical (unpaired) electrons. The van der Waals surface area contributed by atoms with E-state index in [2.05, 4.69) is 66.7 Å². The lowest BCUT2D eigenvalue weighted by Gasteiger charge is -2.63. The van der Waals surface area contributed by atoms with Gasteiger partial charge in [0.05, 0.1) is 11.3 Å². The summed E-state index contributed by atoms with van der Waals surface area (Å²) >= 11 is 0. The molecule has 2 amide bonds. The zero-order valence-corrected chi connectivity index (χ0v) is 33.5. The minimum atomic E-state index is -1.83. The lowest BCUT2D eigenvalue weighted by Crippen LogP contribution is -2.58. The molecule has 4 fully saturated rings. The fourth-order valence-corrected chi connectivity index (χ4v) is 11.8. The molecule has 0 bridgehead atoms. The van der Waals surface area contributed by atoms with Crippen LogP contribution >= 0.6 is 0 Å². The summed E-state index contributed by atoms with van der Waals surface area (Å²) in [5.74, 6) is 3.35. The van der Waals surface area contributed by atoms with Crippen molar-refractivity contribution in [3.05, 3.63) is 0 Å². The van der Waals surface area contributed by atoms with E-state index in [9.17, 15) is 9.59 Å². The Morgan fingerprint density at radius 3 is 2.00 bits per heavy atom. The second-order valence-electron chi connectivity index (χ2n) is 19.3. The molecule has 4 aliphatic carbocycles. The minimum absolute atomic E-state index is 0.00868. The first-order chi connectivity index (χ1) is 21.4. The molecule has 47 heavy (non-hydrogen) atoms. The van der Waals surface area contributed by atoms with E-state index in [1.807, 2.05) is 20.8 Å². The summed E-state index contributed by atoms with van der Waals surface area (Å²) in [6.07, 6.45) is 10.3. The van der Waals surface area contributed by atoms with Crippen molar-refractivity contribution in [3.63, 3.8) is 0 Å². The van der Waals surface area contributed by atoms with Crippen LogP contribution in [0.3, 0.4) is 0 Å². The van der Waals surface area contributed by atoms with E-state index in [1.165, 1.54) is 61.2 Å². The third-order valence-corrected chi connectivity index (χ3v) is 18.4. The van der Waals surface area contributed by atoms with Gasteiger partial charge in [0.25, 0.3) is 0 Å². The molecule has 0 heterocycles. The number of rotatable bonds is 7. The quantitative estimate of drug-likeness (QED) is 0.116. The summed E-state index contributed by atoms with van der Waals surface area (Å²) in [5.41, 5.74) is 0.986. The Bertz CT molecular complexity index is 1190. The highest BCUT2D eigenvalue weighted by Crippen LogP contribution is 2.68. The van der Waals surface area contributed by atoms with Crippen molar-refractivity contribution in [2.45, 2.75) is 156 Å². The molecule has 1 unspecified atom stereocenters. The predicted octanol–water partition coefficient (Wildman–Crippen LogP) is 9.74. The maximum atomic E-state index is 12.8. The molecule has 4 aliphatic rings. The van der Waals surface area contributed by atoms with Gasteiger partial charge in [0.15, 0.2) is 8.32 Å². The minimum Gasteiger partial charge on any atom is -0.444 e. The van der Waals surface area contributed by atoms with Crippen molar-refractivity contribution in [1.29, 1.82) is 0 Å². The number of likely N-dealkylation sites (N-methyl/N-ethyl adjacent to an activating group) is 2. The van der Waals surface area contributed by atoms with E-state index >= 15 is 0 Å². The van der Waals surface area contributed by atoms with E-state index in [4.69, 9.17) is 14.0 Å². The van der Waals surface area contributed by atoms with Crippen molar-refractivity contribution in [2.24, 2.45) is 45.6 Å². The van der Waals surface area contributed by atoms with Gasteiger partial charge in [-0.1, -0.05) is 39.8 Å². The number of carbonyl (C=O) groups excluding carboxylic acids is 2. The summed E-state index contributed by atoms with van der Waals surface area (Å²) in [6.45, 7) is 27.7. The Labute approximate surface area is 288 Å². The lowest BCUT2D eigenvalue weighted by molar-refractivity contribution is -0.140. The average molecular weight is 676 g/mol. The van der Waals surface area contributed by atoms with Gasteiger partial charge in [-0.25, -0.2) is 9.59 Å². The second kappa shape index (κ2) is 13.3. The molecule has 0 aromatic rings. The smallest absolute Gasteiger partial charge is 0.435 e. The van der Waals surface area contributed by atoms with Crippen LogP contribution < -0.4 is 0 Å². The van der Waals surface area contributed by atoms with Gasteiger partial charge in [0.1, 0.15) is 5.60 Å².